The van der Waals surface area contributed by atoms with Crippen LogP contribution in [0, 0.1) is 0 Å². The second-order valence-electron chi connectivity index (χ2n) is 26.0. The molecule has 84 heavy (non-hydrogen) atoms. The topological polar surface area (TPSA) is 69.6 Å². The highest BCUT2D eigenvalue weighted by molar-refractivity contribution is 5.76. The van der Waals surface area contributed by atoms with Crippen LogP contribution in [0.5, 0.6) is 0 Å². The summed E-state index contributed by atoms with van der Waals surface area (Å²) in [6, 6.07) is -0.642. The Morgan fingerprint density at radius 2 is 0.536 bits per heavy atom. The maximum Gasteiger partial charge on any atom is 0.220 e. The van der Waals surface area contributed by atoms with E-state index in [1.54, 1.807) is 6.08 Å². The molecule has 2 atom stereocenters. The lowest BCUT2D eigenvalue weighted by Crippen LogP contribution is -2.45. The maximum atomic E-state index is 12.6. The molecule has 0 spiro atoms. The molecule has 0 radical (unpaired) electrons. The van der Waals surface area contributed by atoms with Crippen molar-refractivity contribution in [3.05, 3.63) is 72.9 Å². The van der Waals surface area contributed by atoms with E-state index in [2.05, 4.69) is 79.9 Å². The molecule has 1 amide bonds. The number of hydrogen-bond donors (Lipinski definition) is 3. The Morgan fingerprint density at radius 3 is 0.833 bits per heavy atom. The zero-order valence-corrected chi connectivity index (χ0v) is 56.9. The first kappa shape index (κ1) is 81.8. The average Bonchev–Trinajstić information content (AvgIpc) is 3.51. The summed E-state index contributed by atoms with van der Waals surface area (Å²) in [6.07, 6.45) is 109. The quantitative estimate of drug-likeness (QED) is 0.0420. The van der Waals surface area contributed by atoms with Crippen molar-refractivity contribution in [1.82, 2.24) is 5.32 Å². The van der Waals surface area contributed by atoms with Gasteiger partial charge in [-0.2, -0.15) is 0 Å². The number of nitrogens with one attached hydrogen (secondary N) is 1. The molecule has 0 aliphatic rings. The minimum atomic E-state index is -0.865. The van der Waals surface area contributed by atoms with Gasteiger partial charge in [0.15, 0.2) is 0 Å². The van der Waals surface area contributed by atoms with Crippen molar-refractivity contribution in [2.24, 2.45) is 0 Å². The van der Waals surface area contributed by atoms with Gasteiger partial charge in [0.05, 0.1) is 18.8 Å². The van der Waals surface area contributed by atoms with Gasteiger partial charge in [0.25, 0.3) is 0 Å². The molecule has 0 heterocycles. The Balaban J connectivity index is 3.43. The Bertz CT molecular complexity index is 1420. The highest BCUT2D eigenvalue weighted by Gasteiger charge is 2.18. The van der Waals surface area contributed by atoms with Crippen LogP contribution in [0.25, 0.3) is 0 Å². The van der Waals surface area contributed by atoms with Crippen LogP contribution < -0.4 is 5.32 Å². The van der Waals surface area contributed by atoms with Crippen LogP contribution in [0.15, 0.2) is 72.9 Å². The second-order valence-corrected chi connectivity index (χ2v) is 26.0. The molecular formula is C80H149NO3. The third-order valence-electron chi connectivity index (χ3n) is 17.7. The van der Waals surface area contributed by atoms with Crippen LogP contribution in [0.3, 0.4) is 0 Å². The lowest BCUT2D eigenvalue weighted by Gasteiger charge is -2.19. The number of hydrogen-bond acceptors (Lipinski definition) is 3. The number of allylic oxidation sites excluding steroid dienone is 11. The number of carbonyl (C=O) groups is 1. The summed E-state index contributed by atoms with van der Waals surface area (Å²) in [6.45, 7) is 4.23. The van der Waals surface area contributed by atoms with Gasteiger partial charge in [0, 0.05) is 6.42 Å². The van der Waals surface area contributed by atoms with Crippen molar-refractivity contribution in [3.8, 4) is 0 Å². The molecule has 0 saturated heterocycles. The van der Waals surface area contributed by atoms with Crippen molar-refractivity contribution >= 4 is 5.91 Å². The van der Waals surface area contributed by atoms with E-state index < -0.39 is 12.1 Å². The Labute approximate surface area is 527 Å². The van der Waals surface area contributed by atoms with Gasteiger partial charge in [-0.1, -0.05) is 408 Å². The van der Waals surface area contributed by atoms with E-state index >= 15 is 0 Å². The van der Waals surface area contributed by atoms with Crippen molar-refractivity contribution in [2.75, 3.05) is 6.61 Å². The van der Waals surface area contributed by atoms with Crippen molar-refractivity contribution in [1.29, 1.82) is 0 Å². The molecule has 0 aliphatic heterocycles. The predicted octanol–water partition coefficient (Wildman–Crippen LogP) is 26.4. The molecule has 0 saturated carbocycles. The van der Waals surface area contributed by atoms with Crippen LogP contribution >= 0.6 is 0 Å². The van der Waals surface area contributed by atoms with E-state index in [0.29, 0.717) is 6.42 Å². The van der Waals surface area contributed by atoms with E-state index in [0.717, 1.165) is 57.8 Å². The number of carbonyl (C=O) groups excluding carboxylic acids is 1. The van der Waals surface area contributed by atoms with Gasteiger partial charge in [0.2, 0.25) is 5.91 Å². The first-order valence-electron chi connectivity index (χ1n) is 38.2. The number of amides is 1. The zero-order valence-electron chi connectivity index (χ0n) is 56.9. The molecule has 0 aromatic heterocycles. The van der Waals surface area contributed by atoms with E-state index in [9.17, 15) is 15.0 Å². The highest BCUT2D eigenvalue weighted by atomic mass is 16.3. The largest absolute Gasteiger partial charge is 0.394 e. The van der Waals surface area contributed by atoms with Gasteiger partial charge < -0.3 is 15.5 Å². The SMILES string of the molecule is CC/C=C\C/C=C\C/C=C\C/C=C\CCCCCCCCCCCCCCCCCCCCCCCCCCCCC(=O)NC(CO)C(O)/C=C/CC/C=C/CCCCCCCCCCCCCCCCCCCCCCCCCCCCC. The van der Waals surface area contributed by atoms with Crippen LogP contribution in [0.4, 0.5) is 0 Å². The highest BCUT2D eigenvalue weighted by Crippen LogP contribution is 2.19. The van der Waals surface area contributed by atoms with Gasteiger partial charge in [-0.3, -0.25) is 4.79 Å². The summed E-state index contributed by atoms with van der Waals surface area (Å²) < 4.78 is 0. The van der Waals surface area contributed by atoms with Crippen molar-refractivity contribution in [3.63, 3.8) is 0 Å². The van der Waals surface area contributed by atoms with Gasteiger partial charge >= 0.3 is 0 Å². The van der Waals surface area contributed by atoms with Crippen LogP contribution in [-0.2, 0) is 4.79 Å². The van der Waals surface area contributed by atoms with Crippen molar-refractivity contribution < 1.29 is 15.0 Å². The Morgan fingerprint density at radius 1 is 0.298 bits per heavy atom. The normalized spacial score (nSPS) is 13.0. The van der Waals surface area contributed by atoms with Crippen LogP contribution in [-0.4, -0.2) is 34.9 Å². The summed E-state index contributed by atoms with van der Waals surface area (Å²) in [5.41, 5.74) is 0. The first-order valence-corrected chi connectivity index (χ1v) is 38.2. The van der Waals surface area contributed by atoms with E-state index in [-0.39, 0.29) is 12.5 Å². The van der Waals surface area contributed by atoms with Gasteiger partial charge in [-0.05, 0) is 70.6 Å². The molecule has 0 fully saturated rings. The predicted molar refractivity (Wildman–Crippen MR) is 377 cm³/mol. The fourth-order valence-corrected chi connectivity index (χ4v) is 12.0. The molecule has 492 valence electrons. The molecule has 0 aromatic rings. The monoisotopic (exact) mass is 1170 g/mol. The summed E-state index contributed by atoms with van der Waals surface area (Å²) in [7, 11) is 0. The fourth-order valence-electron chi connectivity index (χ4n) is 12.0. The fraction of sp³-hybridized carbons (Fsp3) is 0.838. The summed E-state index contributed by atoms with van der Waals surface area (Å²) >= 11 is 0. The number of aliphatic hydroxyl groups excluding tert-OH is 2. The molecule has 0 rings (SSSR count). The molecule has 4 heteroatoms. The number of aliphatic hydroxyl groups is 2. The summed E-state index contributed by atoms with van der Waals surface area (Å²) in [5.74, 6) is -0.0662. The number of rotatable bonds is 71. The van der Waals surface area contributed by atoms with E-state index in [1.807, 2.05) is 6.08 Å². The summed E-state index contributed by atoms with van der Waals surface area (Å²) in [4.78, 5) is 12.6. The third-order valence-corrected chi connectivity index (χ3v) is 17.7. The van der Waals surface area contributed by atoms with Crippen LogP contribution in [0.2, 0.25) is 0 Å². The van der Waals surface area contributed by atoms with Gasteiger partial charge in [0.1, 0.15) is 0 Å². The number of unbranched alkanes of at least 4 members (excludes halogenated alkanes) is 54. The maximum absolute atomic E-state index is 12.6. The first-order chi connectivity index (χ1) is 41.7. The molecule has 2 unspecified atom stereocenters. The minimum Gasteiger partial charge on any atom is -0.394 e. The standard InChI is InChI=1S/C80H149NO3/c1-3-5-7-9-11-13-15-17-19-21-23-25-27-29-31-33-35-37-38-39-40-41-42-44-46-48-50-52-54-56-58-60-62-64-66-68-70-72-74-76-80(84)81-78(77-82)79(83)75-73-71-69-67-65-63-61-59-57-55-53-51-49-47-45-43-36-34-32-30-28-26-24-22-20-18-16-14-12-10-8-6-4-2/h5,7,11,13,17,19,23,25,65,67,73,75,78-79,82-83H,3-4,6,8-10,12,14-16,18,20-22,24,26-64,66,68-72,74,76-77H2,1-2H3,(H,81,84)/b7-5-,13-11-,19-17-,25-23-,67-65+,75-73+. The lowest BCUT2D eigenvalue weighted by atomic mass is 10.0. The lowest BCUT2D eigenvalue weighted by molar-refractivity contribution is -0.123. The Hall–Kier alpha value is -2.17. The molecule has 3 N–H and O–H groups in total. The Kier molecular flexibility index (Phi) is 73.1. The minimum absolute atomic E-state index is 0.0662. The second kappa shape index (κ2) is 75.1. The van der Waals surface area contributed by atoms with E-state index in [1.165, 1.54) is 334 Å². The van der Waals surface area contributed by atoms with Crippen molar-refractivity contribution in [2.45, 2.75) is 424 Å². The third kappa shape index (κ3) is 70.6. The zero-order chi connectivity index (χ0) is 60.5. The average molecular weight is 1170 g/mol. The van der Waals surface area contributed by atoms with Gasteiger partial charge in [-0.15, -0.1) is 0 Å². The molecule has 0 aliphatic carbocycles. The summed E-state index contributed by atoms with van der Waals surface area (Å²) in [5, 5.41) is 23.3. The molecule has 0 bridgehead atoms. The molecule has 0 aromatic carbocycles. The van der Waals surface area contributed by atoms with Gasteiger partial charge in [-0.25, -0.2) is 0 Å². The van der Waals surface area contributed by atoms with E-state index in [4.69, 9.17) is 0 Å². The molecular weight excluding hydrogens is 1020 g/mol. The van der Waals surface area contributed by atoms with Crippen LogP contribution in [0.1, 0.15) is 412 Å². The molecule has 4 nitrogen and oxygen atoms in total. The smallest absolute Gasteiger partial charge is 0.220 e.